The maximum Gasteiger partial charge on any atom is 0.154 e. The first-order valence-corrected chi connectivity index (χ1v) is 5.57. The van der Waals surface area contributed by atoms with Gasteiger partial charge in [-0.25, -0.2) is 9.97 Å². The number of anilines is 1. The number of pyridine rings is 1. The van der Waals surface area contributed by atoms with Gasteiger partial charge in [-0.3, -0.25) is 0 Å². The van der Waals surface area contributed by atoms with E-state index in [4.69, 9.17) is 4.74 Å². The van der Waals surface area contributed by atoms with Crippen LogP contribution < -0.4 is 5.32 Å². The molecule has 2 heterocycles. The molecule has 0 radical (unpaired) electrons. The normalized spacial score (nSPS) is 12.0. The van der Waals surface area contributed by atoms with Gasteiger partial charge in [-0.15, -0.1) is 0 Å². The van der Waals surface area contributed by atoms with E-state index in [0.29, 0.717) is 6.61 Å². The highest BCUT2D eigenvalue weighted by molar-refractivity contribution is 5.85. The lowest BCUT2D eigenvalue weighted by atomic mass is 10.1. The van der Waals surface area contributed by atoms with Crippen LogP contribution in [-0.2, 0) is 11.8 Å². The fraction of sp³-hybridized carbons (Fsp3) is 0.500. The monoisotopic (exact) mass is 234 g/mol. The van der Waals surface area contributed by atoms with E-state index in [1.165, 1.54) is 0 Å². The highest BCUT2D eigenvalue weighted by Gasteiger charge is 2.19. The van der Waals surface area contributed by atoms with Crippen LogP contribution in [0.5, 0.6) is 0 Å². The number of hydrogen-bond donors (Lipinski definition) is 1. The quantitative estimate of drug-likeness (QED) is 0.876. The standard InChI is InChI=1S/C12H18N4O/c1-12(2,7-17-4)15-11-10-9(5-6-13-11)16(3)8-14-10/h5-6,8H,7H2,1-4H3,(H,13,15). The first-order chi connectivity index (χ1) is 8.03. The molecule has 2 aromatic rings. The number of hydrogen-bond acceptors (Lipinski definition) is 4. The lowest BCUT2D eigenvalue weighted by molar-refractivity contribution is 0.158. The lowest BCUT2D eigenvalue weighted by Gasteiger charge is -2.25. The summed E-state index contributed by atoms with van der Waals surface area (Å²) < 4.78 is 7.16. The van der Waals surface area contributed by atoms with Crippen LogP contribution in [0.2, 0.25) is 0 Å². The minimum absolute atomic E-state index is 0.173. The molecule has 5 nitrogen and oxygen atoms in total. The average Bonchev–Trinajstić information content (AvgIpc) is 2.61. The molecular weight excluding hydrogens is 216 g/mol. The van der Waals surface area contributed by atoms with Crippen molar-refractivity contribution in [3.8, 4) is 0 Å². The largest absolute Gasteiger partial charge is 0.382 e. The third-order valence-electron chi connectivity index (χ3n) is 2.60. The molecule has 0 unspecified atom stereocenters. The Morgan fingerprint density at radius 3 is 2.88 bits per heavy atom. The van der Waals surface area contributed by atoms with Gasteiger partial charge in [0.15, 0.2) is 5.82 Å². The van der Waals surface area contributed by atoms with Crippen molar-refractivity contribution in [2.45, 2.75) is 19.4 Å². The number of imidazole rings is 1. The summed E-state index contributed by atoms with van der Waals surface area (Å²) in [5.74, 6) is 0.796. The molecular formula is C12H18N4O. The van der Waals surface area contributed by atoms with Gasteiger partial charge in [0.25, 0.3) is 0 Å². The van der Waals surface area contributed by atoms with E-state index in [1.54, 1.807) is 19.6 Å². The second-order valence-corrected chi connectivity index (χ2v) is 4.82. The maximum atomic E-state index is 5.18. The Bertz CT molecular complexity index is 518. The Labute approximate surface area is 101 Å². The first-order valence-electron chi connectivity index (χ1n) is 5.57. The van der Waals surface area contributed by atoms with Crippen LogP contribution in [0.3, 0.4) is 0 Å². The molecule has 92 valence electrons. The Hall–Kier alpha value is -1.62. The Morgan fingerprint density at radius 1 is 1.41 bits per heavy atom. The van der Waals surface area contributed by atoms with Crippen LogP contribution in [0.15, 0.2) is 18.6 Å². The second-order valence-electron chi connectivity index (χ2n) is 4.82. The van der Waals surface area contributed by atoms with Gasteiger partial charge in [0.05, 0.1) is 24.0 Å². The molecule has 2 aromatic heterocycles. The number of aryl methyl sites for hydroxylation is 1. The summed E-state index contributed by atoms with van der Waals surface area (Å²) in [6.07, 6.45) is 3.58. The third-order valence-corrected chi connectivity index (χ3v) is 2.60. The van der Waals surface area contributed by atoms with Crippen LogP contribution in [0.1, 0.15) is 13.8 Å². The van der Waals surface area contributed by atoms with Gasteiger partial charge in [0.1, 0.15) is 5.52 Å². The molecule has 0 bridgehead atoms. The van der Waals surface area contributed by atoms with Crippen LogP contribution in [0.25, 0.3) is 11.0 Å². The van der Waals surface area contributed by atoms with E-state index in [-0.39, 0.29) is 5.54 Å². The fourth-order valence-corrected chi connectivity index (χ4v) is 1.87. The molecule has 0 aliphatic heterocycles. The maximum absolute atomic E-state index is 5.18. The van der Waals surface area contributed by atoms with Crippen molar-refractivity contribution in [1.29, 1.82) is 0 Å². The minimum Gasteiger partial charge on any atom is -0.382 e. The average molecular weight is 234 g/mol. The Balaban J connectivity index is 2.36. The van der Waals surface area contributed by atoms with Gasteiger partial charge in [0.2, 0.25) is 0 Å². The number of methoxy groups -OCH3 is 1. The smallest absolute Gasteiger partial charge is 0.154 e. The van der Waals surface area contributed by atoms with Crippen molar-refractivity contribution < 1.29 is 4.74 Å². The SMILES string of the molecule is COCC(C)(C)Nc1nccc2c1ncn2C. The Morgan fingerprint density at radius 2 is 2.18 bits per heavy atom. The van der Waals surface area contributed by atoms with Crippen molar-refractivity contribution in [2.24, 2.45) is 7.05 Å². The molecule has 0 saturated heterocycles. The van der Waals surface area contributed by atoms with Crippen LogP contribution in [-0.4, -0.2) is 33.8 Å². The number of rotatable bonds is 4. The topological polar surface area (TPSA) is 52.0 Å². The highest BCUT2D eigenvalue weighted by atomic mass is 16.5. The molecule has 0 amide bonds. The van der Waals surface area contributed by atoms with Gasteiger partial charge >= 0.3 is 0 Å². The van der Waals surface area contributed by atoms with Crippen molar-refractivity contribution in [1.82, 2.24) is 14.5 Å². The number of ether oxygens (including phenoxy) is 1. The molecule has 17 heavy (non-hydrogen) atoms. The zero-order chi connectivity index (χ0) is 12.5. The second kappa shape index (κ2) is 4.33. The molecule has 0 aliphatic rings. The van der Waals surface area contributed by atoms with E-state index in [1.807, 2.05) is 17.7 Å². The highest BCUT2D eigenvalue weighted by Crippen LogP contribution is 2.21. The zero-order valence-corrected chi connectivity index (χ0v) is 10.7. The molecule has 2 rings (SSSR count). The predicted molar refractivity (Wildman–Crippen MR) is 68.1 cm³/mol. The number of fused-ring (bicyclic) bond motifs is 1. The van der Waals surface area contributed by atoms with Crippen LogP contribution >= 0.6 is 0 Å². The number of nitrogens with zero attached hydrogens (tertiary/aromatic N) is 3. The zero-order valence-electron chi connectivity index (χ0n) is 10.7. The van der Waals surface area contributed by atoms with Crippen LogP contribution in [0.4, 0.5) is 5.82 Å². The van der Waals surface area contributed by atoms with E-state index in [2.05, 4.69) is 29.1 Å². The molecule has 0 fully saturated rings. The van der Waals surface area contributed by atoms with Gasteiger partial charge in [-0.05, 0) is 19.9 Å². The number of aromatic nitrogens is 3. The first kappa shape index (κ1) is 11.9. The van der Waals surface area contributed by atoms with Gasteiger partial charge < -0.3 is 14.6 Å². The predicted octanol–water partition coefficient (Wildman–Crippen LogP) is 1.81. The van der Waals surface area contributed by atoms with E-state index >= 15 is 0 Å². The van der Waals surface area contributed by atoms with Crippen molar-refractivity contribution in [3.05, 3.63) is 18.6 Å². The van der Waals surface area contributed by atoms with E-state index < -0.39 is 0 Å². The minimum atomic E-state index is -0.173. The van der Waals surface area contributed by atoms with E-state index in [9.17, 15) is 0 Å². The molecule has 0 aliphatic carbocycles. The number of nitrogens with one attached hydrogen (secondary N) is 1. The fourth-order valence-electron chi connectivity index (χ4n) is 1.87. The van der Waals surface area contributed by atoms with Gasteiger partial charge in [0, 0.05) is 20.4 Å². The summed E-state index contributed by atoms with van der Waals surface area (Å²) in [4.78, 5) is 8.70. The van der Waals surface area contributed by atoms with E-state index in [0.717, 1.165) is 16.9 Å². The molecule has 0 spiro atoms. The van der Waals surface area contributed by atoms with Crippen molar-refractivity contribution >= 4 is 16.9 Å². The summed E-state index contributed by atoms with van der Waals surface area (Å²) in [5, 5.41) is 3.36. The molecule has 5 heteroatoms. The summed E-state index contributed by atoms with van der Waals surface area (Å²) in [5.41, 5.74) is 1.78. The summed E-state index contributed by atoms with van der Waals surface area (Å²) in [6.45, 7) is 4.75. The summed E-state index contributed by atoms with van der Waals surface area (Å²) >= 11 is 0. The van der Waals surface area contributed by atoms with Gasteiger partial charge in [-0.2, -0.15) is 0 Å². The molecule has 0 aromatic carbocycles. The third kappa shape index (κ3) is 2.39. The Kier molecular flexibility index (Phi) is 3.02. The van der Waals surface area contributed by atoms with Crippen molar-refractivity contribution in [3.63, 3.8) is 0 Å². The van der Waals surface area contributed by atoms with Crippen molar-refractivity contribution in [2.75, 3.05) is 19.0 Å². The summed E-state index contributed by atoms with van der Waals surface area (Å²) in [7, 11) is 3.66. The molecule has 1 N–H and O–H groups in total. The van der Waals surface area contributed by atoms with Gasteiger partial charge in [-0.1, -0.05) is 0 Å². The summed E-state index contributed by atoms with van der Waals surface area (Å²) in [6, 6.07) is 1.96. The molecule has 0 saturated carbocycles. The lowest BCUT2D eigenvalue weighted by Crippen LogP contribution is -2.36. The molecule has 0 atom stereocenters. The van der Waals surface area contributed by atoms with Crippen LogP contribution in [0, 0.1) is 0 Å².